The third kappa shape index (κ3) is 2.12. The summed E-state index contributed by atoms with van der Waals surface area (Å²) in [7, 11) is 3.24. The van der Waals surface area contributed by atoms with Gasteiger partial charge >= 0.3 is 0 Å². The van der Waals surface area contributed by atoms with Crippen molar-refractivity contribution >= 4 is 25.4 Å². The van der Waals surface area contributed by atoms with Crippen molar-refractivity contribution < 1.29 is 8.42 Å². The zero-order chi connectivity index (χ0) is 9.19. The molecule has 0 amide bonds. The lowest BCUT2D eigenvalue weighted by atomic mass is 10.3. The van der Waals surface area contributed by atoms with Gasteiger partial charge in [0.2, 0.25) is 0 Å². The van der Waals surface area contributed by atoms with Gasteiger partial charge in [0.05, 0.1) is 4.90 Å². The minimum absolute atomic E-state index is 0.107. The van der Waals surface area contributed by atoms with Crippen LogP contribution in [0.2, 0.25) is 0 Å². The van der Waals surface area contributed by atoms with Crippen molar-refractivity contribution in [3.05, 3.63) is 24.3 Å². The van der Waals surface area contributed by atoms with Crippen LogP contribution in [-0.4, -0.2) is 15.5 Å². The average molecular weight is 206 g/mol. The van der Waals surface area contributed by atoms with Crippen LogP contribution < -0.4 is 5.32 Å². The second kappa shape index (κ2) is 3.33. The van der Waals surface area contributed by atoms with Gasteiger partial charge in [0.1, 0.15) is 0 Å². The van der Waals surface area contributed by atoms with E-state index in [0.29, 0.717) is 0 Å². The van der Waals surface area contributed by atoms with E-state index in [2.05, 4.69) is 5.32 Å². The summed E-state index contributed by atoms with van der Waals surface area (Å²) in [5.41, 5.74) is 0.719. The van der Waals surface area contributed by atoms with Crippen molar-refractivity contribution in [3.8, 4) is 0 Å². The minimum atomic E-state index is -3.60. The van der Waals surface area contributed by atoms with Gasteiger partial charge < -0.3 is 5.32 Å². The highest BCUT2D eigenvalue weighted by atomic mass is 35.7. The Balaban J connectivity index is 3.20. The molecule has 66 valence electrons. The summed E-state index contributed by atoms with van der Waals surface area (Å²) < 4.78 is 21.7. The van der Waals surface area contributed by atoms with Gasteiger partial charge in [0.15, 0.2) is 0 Å². The molecule has 0 unspecified atom stereocenters. The molecular weight excluding hydrogens is 198 g/mol. The summed E-state index contributed by atoms with van der Waals surface area (Å²) in [4.78, 5) is 0.107. The Bertz CT molecular complexity index is 375. The largest absolute Gasteiger partial charge is 0.388 e. The van der Waals surface area contributed by atoms with Crippen LogP contribution in [0.25, 0.3) is 0 Å². The first-order chi connectivity index (χ1) is 5.54. The smallest absolute Gasteiger partial charge is 0.261 e. The zero-order valence-electron chi connectivity index (χ0n) is 6.41. The molecular formula is C7H8ClNO2S. The zero-order valence-corrected chi connectivity index (χ0v) is 7.98. The highest BCUT2D eigenvalue weighted by Gasteiger charge is 2.08. The molecule has 1 N–H and O–H groups in total. The fourth-order valence-electron chi connectivity index (χ4n) is 0.803. The maximum atomic E-state index is 10.8. The van der Waals surface area contributed by atoms with Crippen molar-refractivity contribution in [1.29, 1.82) is 0 Å². The molecule has 0 bridgehead atoms. The van der Waals surface area contributed by atoms with E-state index in [4.69, 9.17) is 10.7 Å². The number of anilines is 1. The van der Waals surface area contributed by atoms with E-state index in [1.807, 2.05) is 0 Å². The molecule has 0 saturated heterocycles. The Hall–Kier alpha value is -0.740. The molecule has 0 saturated carbocycles. The highest BCUT2D eigenvalue weighted by Crippen LogP contribution is 2.18. The summed E-state index contributed by atoms with van der Waals surface area (Å²) in [5.74, 6) is 0. The van der Waals surface area contributed by atoms with E-state index in [1.54, 1.807) is 19.2 Å². The average Bonchev–Trinajstić information content (AvgIpc) is 2.03. The van der Waals surface area contributed by atoms with E-state index >= 15 is 0 Å². The molecule has 0 atom stereocenters. The normalized spacial score (nSPS) is 11.2. The standard InChI is InChI=1S/C7H8ClNO2S/c1-9-6-3-2-4-7(5-6)12(8,10)11/h2-5,9H,1H3. The summed E-state index contributed by atoms with van der Waals surface area (Å²) >= 11 is 0. The molecule has 3 nitrogen and oxygen atoms in total. The second-order valence-corrected chi connectivity index (χ2v) is 4.78. The molecule has 5 heteroatoms. The first kappa shape index (κ1) is 9.35. The number of hydrogen-bond donors (Lipinski definition) is 1. The molecule has 0 radical (unpaired) electrons. The van der Waals surface area contributed by atoms with Crippen LogP contribution in [0.15, 0.2) is 29.2 Å². The Morgan fingerprint density at radius 1 is 1.42 bits per heavy atom. The van der Waals surface area contributed by atoms with Crippen molar-refractivity contribution in [2.75, 3.05) is 12.4 Å². The molecule has 12 heavy (non-hydrogen) atoms. The fraction of sp³-hybridized carbons (Fsp3) is 0.143. The molecule has 1 rings (SSSR count). The van der Waals surface area contributed by atoms with Crippen LogP contribution in [0.3, 0.4) is 0 Å². The molecule has 0 aromatic heterocycles. The Labute approximate surface area is 75.8 Å². The molecule has 0 aliphatic rings. The minimum Gasteiger partial charge on any atom is -0.388 e. The number of nitrogens with one attached hydrogen (secondary N) is 1. The number of hydrogen-bond acceptors (Lipinski definition) is 3. The monoisotopic (exact) mass is 205 g/mol. The summed E-state index contributed by atoms with van der Waals surface area (Å²) in [6, 6.07) is 6.30. The SMILES string of the molecule is CNc1cccc(S(=O)(=O)Cl)c1. The Morgan fingerprint density at radius 3 is 2.58 bits per heavy atom. The van der Waals surface area contributed by atoms with Gasteiger partial charge in [-0.15, -0.1) is 0 Å². The predicted molar refractivity (Wildman–Crippen MR) is 49.0 cm³/mol. The number of halogens is 1. The van der Waals surface area contributed by atoms with Gasteiger partial charge in [-0.05, 0) is 18.2 Å². The lowest BCUT2D eigenvalue weighted by Crippen LogP contribution is -1.93. The number of benzene rings is 1. The topological polar surface area (TPSA) is 46.2 Å². The van der Waals surface area contributed by atoms with Crippen molar-refractivity contribution in [2.45, 2.75) is 4.90 Å². The Kier molecular flexibility index (Phi) is 2.59. The summed E-state index contributed by atoms with van der Waals surface area (Å²) in [6.45, 7) is 0. The van der Waals surface area contributed by atoms with Crippen LogP contribution in [0, 0.1) is 0 Å². The third-order valence-electron chi connectivity index (χ3n) is 1.40. The van der Waals surface area contributed by atoms with Gasteiger partial charge in [-0.2, -0.15) is 0 Å². The van der Waals surface area contributed by atoms with Crippen LogP contribution >= 0.6 is 10.7 Å². The van der Waals surface area contributed by atoms with Gasteiger partial charge in [0, 0.05) is 23.4 Å². The fourth-order valence-corrected chi connectivity index (χ4v) is 1.60. The molecule has 0 heterocycles. The van der Waals surface area contributed by atoms with Crippen LogP contribution in [0.4, 0.5) is 5.69 Å². The van der Waals surface area contributed by atoms with Gasteiger partial charge in [-0.1, -0.05) is 6.07 Å². The quantitative estimate of drug-likeness (QED) is 0.747. The third-order valence-corrected chi connectivity index (χ3v) is 2.76. The Morgan fingerprint density at radius 2 is 2.08 bits per heavy atom. The van der Waals surface area contributed by atoms with Gasteiger partial charge in [-0.3, -0.25) is 0 Å². The summed E-state index contributed by atoms with van der Waals surface area (Å²) in [6.07, 6.45) is 0. The van der Waals surface area contributed by atoms with E-state index in [0.717, 1.165) is 5.69 Å². The van der Waals surface area contributed by atoms with Crippen LogP contribution in [0.5, 0.6) is 0 Å². The molecule has 1 aromatic carbocycles. The highest BCUT2D eigenvalue weighted by molar-refractivity contribution is 8.13. The van der Waals surface area contributed by atoms with Crippen molar-refractivity contribution in [1.82, 2.24) is 0 Å². The first-order valence-electron chi connectivity index (χ1n) is 3.26. The predicted octanol–water partition coefficient (Wildman–Crippen LogP) is 1.66. The maximum Gasteiger partial charge on any atom is 0.261 e. The molecule has 1 aromatic rings. The first-order valence-corrected chi connectivity index (χ1v) is 5.57. The summed E-state index contributed by atoms with van der Waals surface area (Å²) in [5, 5.41) is 2.82. The lowest BCUT2D eigenvalue weighted by Gasteiger charge is -2.00. The van der Waals surface area contributed by atoms with Crippen LogP contribution in [-0.2, 0) is 9.05 Å². The van der Waals surface area contributed by atoms with E-state index in [-0.39, 0.29) is 4.90 Å². The second-order valence-electron chi connectivity index (χ2n) is 2.22. The van der Waals surface area contributed by atoms with Gasteiger partial charge in [-0.25, -0.2) is 8.42 Å². The molecule has 0 aliphatic heterocycles. The lowest BCUT2D eigenvalue weighted by molar-refractivity contribution is 0.609. The van der Waals surface area contributed by atoms with Crippen molar-refractivity contribution in [3.63, 3.8) is 0 Å². The molecule has 0 fully saturated rings. The van der Waals surface area contributed by atoms with Crippen molar-refractivity contribution in [2.24, 2.45) is 0 Å². The number of rotatable bonds is 2. The van der Waals surface area contributed by atoms with E-state index < -0.39 is 9.05 Å². The van der Waals surface area contributed by atoms with E-state index in [9.17, 15) is 8.42 Å². The maximum absolute atomic E-state index is 10.8. The van der Waals surface area contributed by atoms with E-state index in [1.165, 1.54) is 12.1 Å². The van der Waals surface area contributed by atoms with Gasteiger partial charge in [0.25, 0.3) is 9.05 Å². The molecule has 0 spiro atoms. The van der Waals surface area contributed by atoms with Crippen LogP contribution in [0.1, 0.15) is 0 Å². The molecule has 0 aliphatic carbocycles.